The second-order valence-corrected chi connectivity index (χ2v) is 5.10. The highest BCUT2D eigenvalue weighted by molar-refractivity contribution is 6.33. The highest BCUT2D eigenvalue weighted by Gasteiger charge is 2.10. The average molecular weight is 294 g/mol. The Labute approximate surface area is 123 Å². The number of ether oxygens (including phenoxy) is 1. The van der Waals surface area contributed by atoms with Crippen LogP contribution in [0, 0.1) is 5.82 Å². The van der Waals surface area contributed by atoms with Crippen LogP contribution in [0.2, 0.25) is 5.02 Å². The predicted octanol–water partition coefficient (Wildman–Crippen LogP) is 4.53. The van der Waals surface area contributed by atoms with Crippen molar-refractivity contribution in [3.05, 3.63) is 58.9 Å². The number of nitrogens with one attached hydrogen (secondary N) is 1. The van der Waals surface area contributed by atoms with E-state index < -0.39 is 0 Å². The van der Waals surface area contributed by atoms with Crippen molar-refractivity contribution in [3.63, 3.8) is 0 Å². The van der Waals surface area contributed by atoms with Gasteiger partial charge in [-0.1, -0.05) is 29.8 Å². The summed E-state index contributed by atoms with van der Waals surface area (Å²) in [5.74, 6) is 0.491. The minimum Gasteiger partial charge on any atom is -0.497 e. The van der Waals surface area contributed by atoms with Gasteiger partial charge in [-0.2, -0.15) is 0 Å². The van der Waals surface area contributed by atoms with Crippen molar-refractivity contribution in [1.29, 1.82) is 0 Å². The van der Waals surface area contributed by atoms with Gasteiger partial charge in [0.2, 0.25) is 0 Å². The van der Waals surface area contributed by atoms with Gasteiger partial charge in [0.15, 0.2) is 0 Å². The van der Waals surface area contributed by atoms with Crippen LogP contribution in [-0.4, -0.2) is 13.2 Å². The first kappa shape index (κ1) is 14.7. The lowest BCUT2D eigenvalue weighted by Crippen LogP contribution is -2.19. The third kappa shape index (κ3) is 3.64. The molecule has 2 aromatic carbocycles. The first-order chi connectivity index (χ1) is 9.60. The lowest BCUT2D eigenvalue weighted by atomic mass is 10.1. The molecule has 4 heteroatoms. The lowest BCUT2D eigenvalue weighted by molar-refractivity contribution is 0.414. The van der Waals surface area contributed by atoms with Crippen molar-refractivity contribution in [2.75, 3.05) is 12.4 Å². The maximum Gasteiger partial charge on any atom is 0.147 e. The largest absolute Gasteiger partial charge is 0.497 e. The van der Waals surface area contributed by atoms with Crippen molar-refractivity contribution < 1.29 is 9.13 Å². The molecule has 106 valence electrons. The number of benzene rings is 2. The zero-order valence-electron chi connectivity index (χ0n) is 11.5. The highest BCUT2D eigenvalue weighted by Crippen LogP contribution is 2.25. The maximum absolute atomic E-state index is 13.7. The average Bonchev–Trinajstić information content (AvgIpc) is 2.44. The van der Waals surface area contributed by atoms with Crippen LogP contribution in [0.15, 0.2) is 42.5 Å². The smallest absolute Gasteiger partial charge is 0.147 e. The zero-order valence-corrected chi connectivity index (χ0v) is 12.2. The Hall–Kier alpha value is -1.74. The van der Waals surface area contributed by atoms with E-state index in [9.17, 15) is 4.39 Å². The molecule has 0 amide bonds. The zero-order chi connectivity index (χ0) is 14.5. The highest BCUT2D eigenvalue weighted by atomic mass is 35.5. The van der Waals surface area contributed by atoms with Crippen molar-refractivity contribution in [1.82, 2.24) is 0 Å². The molecule has 1 unspecified atom stereocenters. The molecule has 1 N–H and O–H groups in total. The van der Waals surface area contributed by atoms with Crippen LogP contribution < -0.4 is 10.1 Å². The van der Waals surface area contributed by atoms with Gasteiger partial charge < -0.3 is 10.1 Å². The molecule has 2 nitrogen and oxygen atoms in total. The van der Waals surface area contributed by atoms with E-state index in [-0.39, 0.29) is 11.9 Å². The molecule has 0 bridgehead atoms. The van der Waals surface area contributed by atoms with Gasteiger partial charge in [-0.3, -0.25) is 0 Å². The topological polar surface area (TPSA) is 21.3 Å². The number of anilines is 1. The van der Waals surface area contributed by atoms with Gasteiger partial charge in [-0.15, -0.1) is 0 Å². The molecule has 0 saturated carbocycles. The number of para-hydroxylation sites is 1. The molecule has 0 aliphatic carbocycles. The van der Waals surface area contributed by atoms with Crippen LogP contribution in [0.25, 0.3) is 0 Å². The molecule has 0 aliphatic rings. The monoisotopic (exact) mass is 293 g/mol. The van der Waals surface area contributed by atoms with E-state index in [0.29, 0.717) is 10.7 Å². The minimum absolute atomic E-state index is 0.0674. The lowest BCUT2D eigenvalue weighted by Gasteiger charge is -2.17. The molecule has 0 radical (unpaired) electrons. The number of halogens is 2. The quantitative estimate of drug-likeness (QED) is 0.874. The fourth-order valence-corrected chi connectivity index (χ4v) is 2.27. The maximum atomic E-state index is 13.7. The van der Waals surface area contributed by atoms with Crippen molar-refractivity contribution >= 4 is 17.3 Å². The van der Waals surface area contributed by atoms with Crippen LogP contribution in [-0.2, 0) is 6.42 Å². The molecule has 1 atom stereocenters. The Balaban J connectivity index is 2.03. The second-order valence-electron chi connectivity index (χ2n) is 4.69. The molecule has 0 spiro atoms. The number of hydrogen-bond acceptors (Lipinski definition) is 2. The Morgan fingerprint density at radius 2 is 1.90 bits per heavy atom. The van der Waals surface area contributed by atoms with Gasteiger partial charge in [-0.05, 0) is 43.2 Å². The number of methoxy groups -OCH3 is 1. The molecule has 20 heavy (non-hydrogen) atoms. The molecule has 0 aliphatic heterocycles. The predicted molar refractivity (Wildman–Crippen MR) is 81.2 cm³/mol. The van der Waals surface area contributed by atoms with Crippen molar-refractivity contribution in [3.8, 4) is 5.75 Å². The molecular formula is C16H17ClFNO. The van der Waals surface area contributed by atoms with Gasteiger partial charge in [0.1, 0.15) is 11.6 Å². The summed E-state index contributed by atoms with van der Waals surface area (Å²) in [5.41, 5.74) is 1.51. The van der Waals surface area contributed by atoms with Gasteiger partial charge in [0.25, 0.3) is 0 Å². The Morgan fingerprint density at radius 1 is 1.20 bits per heavy atom. The second kappa shape index (κ2) is 6.62. The van der Waals surface area contributed by atoms with Crippen molar-refractivity contribution in [2.45, 2.75) is 19.4 Å². The summed E-state index contributed by atoms with van der Waals surface area (Å²) >= 11 is 6.00. The number of rotatable bonds is 5. The molecule has 2 rings (SSSR count). The SMILES string of the molecule is COc1ccc(CC(C)Nc2c(F)cccc2Cl)cc1. The fraction of sp³-hybridized carbons (Fsp3) is 0.250. The fourth-order valence-electron chi connectivity index (χ4n) is 2.05. The van der Waals surface area contributed by atoms with Crippen LogP contribution in [0.5, 0.6) is 5.75 Å². The summed E-state index contributed by atoms with van der Waals surface area (Å²) in [4.78, 5) is 0. The van der Waals surface area contributed by atoms with E-state index in [1.165, 1.54) is 6.07 Å². The van der Waals surface area contributed by atoms with E-state index in [1.807, 2.05) is 31.2 Å². The van der Waals surface area contributed by atoms with Gasteiger partial charge in [-0.25, -0.2) is 4.39 Å². The summed E-state index contributed by atoms with van der Waals surface area (Å²) in [7, 11) is 1.64. The first-order valence-corrected chi connectivity index (χ1v) is 6.81. The third-order valence-electron chi connectivity index (χ3n) is 3.05. The summed E-state index contributed by atoms with van der Waals surface area (Å²) in [6.45, 7) is 1.99. The van der Waals surface area contributed by atoms with E-state index in [2.05, 4.69) is 5.32 Å². The Bertz CT molecular complexity index is 551. The van der Waals surface area contributed by atoms with E-state index in [4.69, 9.17) is 16.3 Å². The van der Waals surface area contributed by atoms with Gasteiger partial charge in [0.05, 0.1) is 17.8 Å². The Kier molecular flexibility index (Phi) is 4.85. The van der Waals surface area contributed by atoms with Crippen LogP contribution in [0.4, 0.5) is 10.1 Å². The van der Waals surface area contributed by atoms with Gasteiger partial charge >= 0.3 is 0 Å². The number of hydrogen-bond donors (Lipinski definition) is 1. The minimum atomic E-state index is -0.334. The molecule has 0 saturated heterocycles. The summed E-state index contributed by atoms with van der Waals surface area (Å²) in [5, 5.41) is 3.51. The van der Waals surface area contributed by atoms with Crippen LogP contribution in [0.3, 0.4) is 0 Å². The first-order valence-electron chi connectivity index (χ1n) is 6.43. The van der Waals surface area contributed by atoms with Crippen LogP contribution >= 0.6 is 11.6 Å². The molecule has 0 heterocycles. The summed E-state index contributed by atoms with van der Waals surface area (Å²) in [6, 6.07) is 12.6. The summed E-state index contributed by atoms with van der Waals surface area (Å²) < 4.78 is 18.8. The normalized spacial score (nSPS) is 12.0. The van der Waals surface area contributed by atoms with E-state index in [0.717, 1.165) is 17.7 Å². The standard InChI is InChI=1S/C16H17ClFNO/c1-11(10-12-6-8-13(20-2)9-7-12)19-16-14(17)4-3-5-15(16)18/h3-9,11,19H,10H2,1-2H3. The summed E-state index contributed by atoms with van der Waals surface area (Å²) in [6.07, 6.45) is 0.772. The molecular weight excluding hydrogens is 277 g/mol. The Morgan fingerprint density at radius 3 is 2.50 bits per heavy atom. The third-order valence-corrected chi connectivity index (χ3v) is 3.37. The van der Waals surface area contributed by atoms with Gasteiger partial charge in [0, 0.05) is 6.04 Å². The van der Waals surface area contributed by atoms with Crippen molar-refractivity contribution in [2.24, 2.45) is 0 Å². The van der Waals surface area contributed by atoms with Crippen LogP contribution in [0.1, 0.15) is 12.5 Å². The molecule has 0 aromatic heterocycles. The van der Waals surface area contributed by atoms with E-state index >= 15 is 0 Å². The van der Waals surface area contributed by atoms with E-state index in [1.54, 1.807) is 19.2 Å². The molecule has 0 fully saturated rings. The molecule has 2 aromatic rings.